The lowest BCUT2D eigenvalue weighted by molar-refractivity contribution is -0.177. The third kappa shape index (κ3) is 4.89. The van der Waals surface area contributed by atoms with Crippen LogP contribution in [0.3, 0.4) is 0 Å². The molecule has 1 aromatic rings. The maximum Gasteiger partial charge on any atom is 0.189 e. The van der Waals surface area contributed by atoms with E-state index < -0.39 is 28.6 Å². The first-order valence-electron chi connectivity index (χ1n) is 16.9. The summed E-state index contributed by atoms with van der Waals surface area (Å²) < 4.78 is 10.7. The fourth-order valence-electron chi connectivity index (χ4n) is 10.9. The van der Waals surface area contributed by atoms with Crippen molar-refractivity contribution in [3.63, 3.8) is 0 Å². The highest BCUT2D eigenvalue weighted by atomic mass is 16.5. The maximum atomic E-state index is 14.7. The SMILES string of the molecule is COCCCN(CC(O)CO)CC1(O)CCC2C34C=CC5(C=C3C(=O)c3ccc(OC)cc3)CC(O)CCC5(C)C4CCC21C. The lowest BCUT2D eigenvalue weighted by Crippen LogP contribution is -2.67. The predicted octanol–water partition coefficient (Wildman–Crippen LogP) is 4.16. The summed E-state index contributed by atoms with van der Waals surface area (Å²) in [6, 6.07) is 7.38. The maximum absolute atomic E-state index is 14.7. The van der Waals surface area contributed by atoms with E-state index in [0.29, 0.717) is 43.9 Å². The van der Waals surface area contributed by atoms with Gasteiger partial charge >= 0.3 is 0 Å². The molecule has 0 aliphatic heterocycles. The van der Waals surface area contributed by atoms with Gasteiger partial charge in [-0.25, -0.2) is 0 Å². The number of methoxy groups -OCH3 is 2. The minimum absolute atomic E-state index is 0.0282. The molecule has 8 nitrogen and oxygen atoms in total. The number of fused-ring (bicyclic) bond motifs is 1. The van der Waals surface area contributed by atoms with Crippen molar-refractivity contribution < 1.29 is 34.7 Å². The molecule has 8 heteroatoms. The second kappa shape index (κ2) is 11.9. The van der Waals surface area contributed by atoms with E-state index in [1.165, 1.54) is 0 Å². The summed E-state index contributed by atoms with van der Waals surface area (Å²) in [4.78, 5) is 16.8. The molecule has 9 atom stereocenters. The molecule has 3 saturated carbocycles. The number of rotatable bonds is 12. The Labute approximate surface area is 268 Å². The Hall–Kier alpha value is -2.07. The van der Waals surface area contributed by atoms with Crippen LogP contribution in [-0.2, 0) is 4.74 Å². The van der Waals surface area contributed by atoms with Gasteiger partial charge in [-0.2, -0.15) is 0 Å². The summed E-state index contributed by atoms with van der Waals surface area (Å²) in [5.74, 6) is 0.999. The fourth-order valence-corrected chi connectivity index (χ4v) is 10.9. The average molecular weight is 624 g/mol. The molecule has 0 saturated heterocycles. The van der Waals surface area contributed by atoms with E-state index in [-0.39, 0.29) is 41.6 Å². The molecule has 6 aliphatic rings. The van der Waals surface area contributed by atoms with Crippen molar-refractivity contribution in [3.8, 4) is 5.75 Å². The summed E-state index contributed by atoms with van der Waals surface area (Å²) in [7, 11) is 3.29. The first-order valence-corrected chi connectivity index (χ1v) is 16.9. The van der Waals surface area contributed by atoms with Crippen LogP contribution >= 0.6 is 0 Å². The van der Waals surface area contributed by atoms with E-state index in [4.69, 9.17) is 9.47 Å². The van der Waals surface area contributed by atoms with Crippen LogP contribution in [0.15, 0.2) is 48.1 Å². The number of carbonyl (C=O) groups is 1. The van der Waals surface area contributed by atoms with Gasteiger partial charge in [-0.3, -0.25) is 9.69 Å². The third-order valence-corrected chi connectivity index (χ3v) is 13.3. The number of allylic oxidation sites excluding steroid dienone is 4. The number of hydrogen-bond acceptors (Lipinski definition) is 8. The normalized spacial score (nSPS) is 40.5. The minimum atomic E-state index is -1.03. The van der Waals surface area contributed by atoms with Gasteiger partial charge in [0.2, 0.25) is 0 Å². The quantitative estimate of drug-likeness (QED) is 0.156. The highest BCUT2D eigenvalue weighted by Crippen LogP contribution is 2.78. The molecule has 45 heavy (non-hydrogen) atoms. The first kappa shape index (κ1) is 32.9. The van der Waals surface area contributed by atoms with Crippen molar-refractivity contribution in [2.75, 3.05) is 47.1 Å². The lowest BCUT2D eigenvalue weighted by Gasteiger charge is -2.71. The molecule has 0 amide bonds. The predicted molar refractivity (Wildman–Crippen MR) is 172 cm³/mol. The molecule has 6 aliphatic carbocycles. The van der Waals surface area contributed by atoms with E-state index in [1.54, 1.807) is 14.2 Å². The summed E-state index contributed by atoms with van der Waals surface area (Å²) in [6.45, 7) is 6.20. The van der Waals surface area contributed by atoms with Gasteiger partial charge in [0.15, 0.2) is 5.78 Å². The molecule has 1 aromatic carbocycles. The van der Waals surface area contributed by atoms with Crippen LogP contribution in [0, 0.1) is 33.5 Å². The van der Waals surface area contributed by atoms with Crippen molar-refractivity contribution >= 4 is 5.78 Å². The Morgan fingerprint density at radius 2 is 1.71 bits per heavy atom. The van der Waals surface area contributed by atoms with Crippen molar-refractivity contribution in [2.24, 2.45) is 33.5 Å². The molecule has 0 aromatic heterocycles. The number of hydrogen-bond donors (Lipinski definition) is 4. The lowest BCUT2D eigenvalue weighted by atomic mass is 9.32. The van der Waals surface area contributed by atoms with E-state index >= 15 is 0 Å². The van der Waals surface area contributed by atoms with Crippen molar-refractivity contribution in [1.29, 1.82) is 0 Å². The molecule has 2 bridgehead atoms. The Kier molecular flexibility index (Phi) is 8.67. The molecule has 248 valence electrons. The van der Waals surface area contributed by atoms with Crippen LogP contribution in [0.1, 0.15) is 75.6 Å². The number of Topliss-reactive ketones (excluding diaryl/α,β-unsaturated/α-hetero) is 1. The zero-order valence-corrected chi connectivity index (χ0v) is 27.5. The monoisotopic (exact) mass is 623 g/mol. The Bertz CT molecular complexity index is 1330. The standard InChI is InChI=1S/C37H53NO7/c1-33-13-10-26(40)20-35(33)16-17-37(29(21-35)32(42)25-6-8-28(45-4)9-7-25)30(33)11-14-34(2)31(37)12-15-36(34,43)24-38(18-5-19-44-3)22-27(41)23-39/h6-9,16-17,21,26-27,30-31,39-41,43H,5,10-15,18-20,22-24H2,1-4H3. The van der Waals surface area contributed by atoms with Crippen LogP contribution in [0.25, 0.3) is 0 Å². The second-order valence-corrected chi connectivity index (χ2v) is 15.3. The summed E-state index contributed by atoms with van der Waals surface area (Å²) in [6.07, 6.45) is 11.8. The molecule has 0 heterocycles. The molecule has 9 unspecified atom stereocenters. The molecular weight excluding hydrogens is 570 g/mol. The molecule has 2 spiro atoms. The summed E-state index contributed by atoms with van der Waals surface area (Å²) in [5, 5.41) is 43.7. The van der Waals surface area contributed by atoms with Gasteiger partial charge in [-0.15, -0.1) is 0 Å². The smallest absolute Gasteiger partial charge is 0.189 e. The molecule has 0 radical (unpaired) electrons. The van der Waals surface area contributed by atoms with Gasteiger partial charge in [-0.05, 0) is 92.9 Å². The van der Waals surface area contributed by atoms with E-state index in [2.05, 4.69) is 37.0 Å². The van der Waals surface area contributed by atoms with Gasteiger partial charge < -0.3 is 29.9 Å². The number of benzene rings is 1. The van der Waals surface area contributed by atoms with E-state index in [1.807, 2.05) is 24.3 Å². The molecule has 3 fully saturated rings. The Morgan fingerprint density at radius 3 is 2.40 bits per heavy atom. The van der Waals surface area contributed by atoms with Crippen LogP contribution in [0.5, 0.6) is 5.75 Å². The number of aliphatic hydroxyl groups is 4. The van der Waals surface area contributed by atoms with Crippen molar-refractivity contribution in [2.45, 2.75) is 83.0 Å². The Balaban J connectivity index is 1.42. The van der Waals surface area contributed by atoms with Gasteiger partial charge in [0.25, 0.3) is 0 Å². The largest absolute Gasteiger partial charge is 0.497 e. The summed E-state index contributed by atoms with van der Waals surface area (Å²) >= 11 is 0. The fraction of sp³-hybridized carbons (Fsp3) is 0.703. The van der Waals surface area contributed by atoms with Crippen molar-refractivity contribution in [1.82, 2.24) is 4.90 Å². The number of nitrogens with zero attached hydrogens (tertiary/aromatic N) is 1. The van der Waals surface area contributed by atoms with Gasteiger partial charge in [0.05, 0.1) is 31.5 Å². The highest BCUT2D eigenvalue weighted by molar-refractivity contribution is 6.10. The van der Waals surface area contributed by atoms with Crippen LogP contribution in [0.2, 0.25) is 0 Å². The van der Waals surface area contributed by atoms with Crippen molar-refractivity contribution in [3.05, 3.63) is 53.6 Å². The number of ether oxygens (including phenoxy) is 2. The zero-order valence-electron chi connectivity index (χ0n) is 27.5. The minimum Gasteiger partial charge on any atom is -0.497 e. The third-order valence-electron chi connectivity index (χ3n) is 13.3. The summed E-state index contributed by atoms with van der Waals surface area (Å²) in [5.41, 5.74) is -1.04. The van der Waals surface area contributed by atoms with E-state index in [0.717, 1.165) is 44.1 Å². The van der Waals surface area contributed by atoms with Crippen LogP contribution in [-0.4, -0.2) is 96.0 Å². The number of carbonyl (C=O) groups excluding carboxylic acids is 1. The zero-order chi connectivity index (χ0) is 32.3. The van der Waals surface area contributed by atoms with E-state index in [9.17, 15) is 25.2 Å². The molecule has 7 rings (SSSR count). The van der Waals surface area contributed by atoms with Gasteiger partial charge in [0.1, 0.15) is 5.75 Å². The number of ketones is 1. The topological polar surface area (TPSA) is 120 Å². The van der Waals surface area contributed by atoms with Crippen LogP contribution < -0.4 is 4.74 Å². The molecule has 4 N–H and O–H groups in total. The number of aliphatic hydroxyl groups excluding tert-OH is 3. The molecular formula is C37H53NO7. The van der Waals surface area contributed by atoms with Gasteiger partial charge in [0, 0.05) is 60.7 Å². The average Bonchev–Trinajstić information content (AvgIpc) is 3.30. The van der Waals surface area contributed by atoms with Crippen LogP contribution in [0.4, 0.5) is 0 Å². The first-order chi connectivity index (χ1) is 21.4. The second-order valence-electron chi connectivity index (χ2n) is 15.3. The van der Waals surface area contributed by atoms with Gasteiger partial charge in [-0.1, -0.05) is 32.1 Å². The Morgan fingerprint density at radius 1 is 1.02 bits per heavy atom. The highest BCUT2D eigenvalue weighted by Gasteiger charge is 2.74.